The maximum Gasteiger partial charge on any atom is 0.220 e. The smallest absolute Gasteiger partial charge is 0.220 e. The minimum Gasteiger partial charge on any atom is -0.355 e. The monoisotopic (exact) mass is 279 g/mol. The van der Waals surface area contributed by atoms with Crippen LogP contribution in [0.5, 0.6) is 0 Å². The number of nitrogens with one attached hydrogen (secondary N) is 1. The second kappa shape index (κ2) is 7.57. The van der Waals surface area contributed by atoms with Crippen LogP contribution in [0.15, 0.2) is 0 Å². The van der Waals surface area contributed by atoms with Crippen molar-refractivity contribution in [2.75, 3.05) is 17.6 Å². The first-order valence-corrected chi connectivity index (χ1v) is 7.44. The number of alkyl halides is 1. The van der Waals surface area contributed by atoms with E-state index >= 15 is 0 Å². The summed E-state index contributed by atoms with van der Waals surface area (Å²) in [6.07, 6.45) is 5.35. The van der Waals surface area contributed by atoms with Crippen LogP contribution in [0.25, 0.3) is 0 Å². The molecule has 0 saturated carbocycles. The van der Waals surface area contributed by atoms with Gasteiger partial charge < -0.3 is 5.32 Å². The quantitative estimate of drug-likeness (QED) is 0.598. The molecule has 0 aliphatic carbocycles. The van der Waals surface area contributed by atoms with Gasteiger partial charge in [-0.05, 0) is 31.4 Å². The summed E-state index contributed by atoms with van der Waals surface area (Å²) in [7, 11) is 0. The lowest BCUT2D eigenvalue weighted by Gasteiger charge is -2.09. The van der Waals surface area contributed by atoms with Gasteiger partial charge in [0.05, 0.1) is 0 Å². The van der Waals surface area contributed by atoms with Gasteiger partial charge >= 0.3 is 0 Å². The van der Waals surface area contributed by atoms with E-state index in [2.05, 4.69) is 21.2 Å². The molecule has 1 atom stereocenters. The number of carbonyl (C=O) groups is 1. The van der Waals surface area contributed by atoms with Crippen LogP contribution in [0.3, 0.4) is 0 Å². The predicted molar refractivity (Wildman–Crippen MR) is 66.1 cm³/mol. The fourth-order valence-electron chi connectivity index (χ4n) is 1.50. The molecule has 1 unspecified atom stereocenters. The summed E-state index contributed by atoms with van der Waals surface area (Å²) >= 11 is 5.35. The van der Waals surface area contributed by atoms with Gasteiger partial charge in [-0.2, -0.15) is 11.8 Å². The van der Waals surface area contributed by atoms with Crippen LogP contribution in [-0.2, 0) is 4.79 Å². The molecule has 0 radical (unpaired) electrons. The molecule has 0 spiro atoms. The van der Waals surface area contributed by atoms with E-state index < -0.39 is 0 Å². The standard InChI is InChI=1S/C10H18BrNOS/c11-6-2-1-5-10(13)12-8-9-4-3-7-14-9/h9H,1-8H2,(H,12,13). The largest absolute Gasteiger partial charge is 0.355 e. The molecule has 14 heavy (non-hydrogen) atoms. The number of rotatable bonds is 6. The maximum atomic E-state index is 11.3. The highest BCUT2D eigenvalue weighted by atomic mass is 79.9. The Bertz CT molecular complexity index is 172. The molecule has 1 saturated heterocycles. The number of carbonyl (C=O) groups excluding carboxylic acids is 1. The van der Waals surface area contributed by atoms with E-state index in [1.54, 1.807) is 0 Å². The molecule has 0 aromatic rings. The molecule has 1 aliphatic heterocycles. The normalized spacial score (nSPS) is 21.1. The molecule has 0 aromatic carbocycles. The Hall–Kier alpha value is 0.300. The Balaban J connectivity index is 1.96. The molecule has 4 heteroatoms. The first-order valence-electron chi connectivity index (χ1n) is 5.27. The first-order chi connectivity index (χ1) is 6.83. The summed E-state index contributed by atoms with van der Waals surface area (Å²) in [5, 5.41) is 4.68. The molecule has 0 bridgehead atoms. The van der Waals surface area contributed by atoms with Crippen molar-refractivity contribution < 1.29 is 4.79 Å². The van der Waals surface area contributed by atoms with E-state index in [9.17, 15) is 4.79 Å². The van der Waals surface area contributed by atoms with Crippen LogP contribution in [0.2, 0.25) is 0 Å². The molecule has 1 fully saturated rings. The number of amides is 1. The highest BCUT2D eigenvalue weighted by Gasteiger charge is 2.15. The first kappa shape index (κ1) is 12.4. The number of unbranched alkanes of at least 4 members (excludes halogenated alkanes) is 1. The second-order valence-corrected chi connectivity index (χ2v) is 5.79. The summed E-state index contributed by atoms with van der Waals surface area (Å²) in [5.74, 6) is 1.49. The zero-order chi connectivity index (χ0) is 10.2. The predicted octanol–water partition coefficient (Wildman–Crippen LogP) is 2.56. The van der Waals surface area contributed by atoms with Crippen LogP contribution in [-0.4, -0.2) is 28.8 Å². The lowest BCUT2D eigenvalue weighted by Crippen LogP contribution is -2.29. The highest BCUT2D eigenvalue weighted by molar-refractivity contribution is 9.09. The van der Waals surface area contributed by atoms with Gasteiger partial charge in [0, 0.05) is 23.5 Å². The van der Waals surface area contributed by atoms with Gasteiger partial charge in [-0.25, -0.2) is 0 Å². The average Bonchev–Trinajstić information content (AvgIpc) is 2.68. The van der Waals surface area contributed by atoms with Crippen molar-refractivity contribution in [1.82, 2.24) is 5.32 Å². The highest BCUT2D eigenvalue weighted by Crippen LogP contribution is 2.25. The van der Waals surface area contributed by atoms with Gasteiger partial charge in [0.2, 0.25) is 5.91 Å². The Morgan fingerprint density at radius 2 is 2.36 bits per heavy atom. The molecular formula is C10H18BrNOS. The topological polar surface area (TPSA) is 29.1 Å². The zero-order valence-electron chi connectivity index (χ0n) is 8.43. The minimum atomic E-state index is 0.221. The lowest BCUT2D eigenvalue weighted by atomic mass is 10.2. The van der Waals surface area contributed by atoms with Crippen LogP contribution in [0.1, 0.15) is 32.1 Å². The van der Waals surface area contributed by atoms with Gasteiger partial charge in [-0.1, -0.05) is 15.9 Å². The van der Waals surface area contributed by atoms with E-state index in [4.69, 9.17) is 0 Å². The van der Waals surface area contributed by atoms with Gasteiger partial charge in [0.15, 0.2) is 0 Å². The summed E-state index contributed by atoms with van der Waals surface area (Å²) in [6.45, 7) is 0.873. The van der Waals surface area contributed by atoms with Crippen molar-refractivity contribution in [2.24, 2.45) is 0 Å². The van der Waals surface area contributed by atoms with Crippen LogP contribution in [0.4, 0.5) is 0 Å². The summed E-state index contributed by atoms with van der Waals surface area (Å²) in [5.41, 5.74) is 0. The van der Waals surface area contributed by atoms with Crippen LogP contribution < -0.4 is 5.32 Å². The number of thioether (sulfide) groups is 1. The van der Waals surface area contributed by atoms with Crippen LogP contribution in [0, 0.1) is 0 Å². The summed E-state index contributed by atoms with van der Waals surface area (Å²) < 4.78 is 0. The maximum absolute atomic E-state index is 11.3. The molecule has 1 N–H and O–H groups in total. The number of hydrogen-bond donors (Lipinski definition) is 1. The lowest BCUT2D eigenvalue weighted by molar-refractivity contribution is -0.121. The van der Waals surface area contributed by atoms with Crippen molar-refractivity contribution in [2.45, 2.75) is 37.4 Å². The molecule has 0 aromatic heterocycles. The average molecular weight is 280 g/mol. The van der Waals surface area contributed by atoms with Crippen molar-refractivity contribution in [1.29, 1.82) is 0 Å². The molecular weight excluding hydrogens is 262 g/mol. The Morgan fingerprint density at radius 1 is 1.50 bits per heavy atom. The van der Waals surface area contributed by atoms with Crippen molar-refractivity contribution in [3.05, 3.63) is 0 Å². The Kier molecular flexibility index (Phi) is 6.69. The van der Waals surface area contributed by atoms with Gasteiger partial charge in [0.1, 0.15) is 0 Å². The Labute approximate surface area is 98.7 Å². The molecule has 1 heterocycles. The number of hydrogen-bond acceptors (Lipinski definition) is 2. The van der Waals surface area contributed by atoms with Gasteiger partial charge in [-0.3, -0.25) is 4.79 Å². The fourth-order valence-corrected chi connectivity index (χ4v) is 3.10. The van der Waals surface area contributed by atoms with Gasteiger partial charge in [0.25, 0.3) is 0 Å². The third kappa shape index (κ3) is 5.25. The van der Waals surface area contributed by atoms with Crippen molar-refractivity contribution in [3.63, 3.8) is 0 Å². The van der Waals surface area contributed by atoms with E-state index in [1.165, 1.54) is 18.6 Å². The Morgan fingerprint density at radius 3 is 3.00 bits per heavy atom. The summed E-state index contributed by atoms with van der Waals surface area (Å²) in [6, 6.07) is 0. The fraction of sp³-hybridized carbons (Fsp3) is 0.900. The molecule has 82 valence electrons. The SMILES string of the molecule is O=C(CCCCBr)NCC1CCCS1. The van der Waals surface area contributed by atoms with E-state index in [-0.39, 0.29) is 5.91 Å². The van der Waals surface area contributed by atoms with E-state index in [0.29, 0.717) is 11.7 Å². The van der Waals surface area contributed by atoms with E-state index in [1.807, 2.05) is 11.8 Å². The molecule has 1 rings (SSSR count). The third-order valence-electron chi connectivity index (χ3n) is 2.34. The zero-order valence-corrected chi connectivity index (χ0v) is 10.8. The third-order valence-corrected chi connectivity index (χ3v) is 4.30. The molecule has 1 amide bonds. The minimum absolute atomic E-state index is 0.221. The summed E-state index contributed by atoms with van der Waals surface area (Å²) in [4.78, 5) is 11.3. The van der Waals surface area contributed by atoms with Crippen LogP contribution >= 0.6 is 27.7 Å². The second-order valence-electron chi connectivity index (χ2n) is 3.59. The van der Waals surface area contributed by atoms with E-state index in [0.717, 1.165) is 24.7 Å². The molecule has 1 aliphatic rings. The van der Waals surface area contributed by atoms with Gasteiger partial charge in [-0.15, -0.1) is 0 Å². The van der Waals surface area contributed by atoms with Crippen molar-refractivity contribution in [3.8, 4) is 0 Å². The van der Waals surface area contributed by atoms with Crippen molar-refractivity contribution >= 4 is 33.6 Å². The molecule has 2 nitrogen and oxygen atoms in total. The number of halogens is 1.